The molecular formula is C13H11BrO2. The number of carbonyl (C=O) groups is 1. The van der Waals surface area contributed by atoms with Gasteiger partial charge < -0.3 is 4.74 Å². The lowest BCUT2D eigenvalue weighted by atomic mass is 9.89. The van der Waals surface area contributed by atoms with Gasteiger partial charge in [0.25, 0.3) is 0 Å². The Kier molecular flexibility index (Phi) is 3.08. The summed E-state index contributed by atoms with van der Waals surface area (Å²) in [7, 11) is 1.63. The SMILES string of the molecule is COC1(c2ccc(Br)cc2)C=CC(=O)C=C1. The van der Waals surface area contributed by atoms with Crippen molar-refractivity contribution in [2.75, 3.05) is 7.11 Å². The van der Waals surface area contributed by atoms with E-state index in [4.69, 9.17) is 4.74 Å². The summed E-state index contributed by atoms with van der Waals surface area (Å²) in [5.74, 6) is -0.00946. The van der Waals surface area contributed by atoms with Crippen LogP contribution >= 0.6 is 15.9 Å². The third-order valence-corrected chi connectivity index (χ3v) is 3.15. The zero-order chi connectivity index (χ0) is 11.6. The minimum atomic E-state index is -0.616. The largest absolute Gasteiger partial charge is 0.365 e. The van der Waals surface area contributed by atoms with Crippen molar-refractivity contribution >= 4 is 21.7 Å². The number of methoxy groups -OCH3 is 1. The fraction of sp³-hybridized carbons (Fsp3) is 0.154. The van der Waals surface area contributed by atoms with E-state index < -0.39 is 5.60 Å². The maximum atomic E-state index is 11.1. The second-order valence-electron chi connectivity index (χ2n) is 3.57. The molecule has 0 atom stereocenters. The molecule has 82 valence electrons. The normalized spacial score (nSPS) is 17.8. The topological polar surface area (TPSA) is 26.3 Å². The molecule has 0 aliphatic heterocycles. The summed E-state index contributed by atoms with van der Waals surface area (Å²) in [5.41, 5.74) is 0.382. The van der Waals surface area contributed by atoms with Crippen molar-refractivity contribution in [3.8, 4) is 0 Å². The molecule has 0 spiro atoms. The van der Waals surface area contributed by atoms with E-state index in [1.165, 1.54) is 12.2 Å². The number of allylic oxidation sites excluding steroid dienone is 2. The van der Waals surface area contributed by atoms with Gasteiger partial charge >= 0.3 is 0 Å². The van der Waals surface area contributed by atoms with Crippen molar-refractivity contribution in [1.82, 2.24) is 0 Å². The molecular weight excluding hydrogens is 268 g/mol. The summed E-state index contributed by atoms with van der Waals surface area (Å²) in [6.07, 6.45) is 6.62. The Bertz CT molecular complexity index is 441. The highest BCUT2D eigenvalue weighted by Gasteiger charge is 2.28. The number of ketones is 1. The van der Waals surface area contributed by atoms with Crippen molar-refractivity contribution in [2.24, 2.45) is 0 Å². The smallest absolute Gasteiger partial charge is 0.178 e. The molecule has 1 aromatic rings. The molecule has 0 bridgehead atoms. The first-order valence-electron chi connectivity index (χ1n) is 4.90. The number of hydrogen-bond acceptors (Lipinski definition) is 2. The molecule has 0 radical (unpaired) electrons. The third kappa shape index (κ3) is 2.01. The molecule has 1 aliphatic rings. The molecule has 0 saturated heterocycles. The van der Waals surface area contributed by atoms with Crippen LogP contribution in [0.1, 0.15) is 5.56 Å². The first-order chi connectivity index (χ1) is 7.66. The summed E-state index contributed by atoms with van der Waals surface area (Å²) in [6.45, 7) is 0. The van der Waals surface area contributed by atoms with E-state index in [9.17, 15) is 4.79 Å². The van der Waals surface area contributed by atoms with Gasteiger partial charge in [0.1, 0.15) is 5.60 Å². The molecule has 0 unspecified atom stereocenters. The van der Waals surface area contributed by atoms with Crippen molar-refractivity contribution in [2.45, 2.75) is 5.60 Å². The quantitative estimate of drug-likeness (QED) is 0.832. The van der Waals surface area contributed by atoms with Crippen LogP contribution < -0.4 is 0 Å². The first-order valence-corrected chi connectivity index (χ1v) is 5.69. The highest BCUT2D eigenvalue weighted by atomic mass is 79.9. The molecule has 2 rings (SSSR count). The summed E-state index contributed by atoms with van der Waals surface area (Å²) < 4.78 is 6.53. The number of rotatable bonds is 2. The fourth-order valence-corrected chi connectivity index (χ4v) is 1.94. The second kappa shape index (κ2) is 4.36. The Balaban J connectivity index is 2.43. The summed E-state index contributed by atoms with van der Waals surface area (Å²) in [4.78, 5) is 11.1. The summed E-state index contributed by atoms with van der Waals surface area (Å²) >= 11 is 3.39. The summed E-state index contributed by atoms with van der Waals surface area (Å²) in [6, 6.07) is 7.85. The van der Waals surface area contributed by atoms with Gasteiger partial charge in [-0.25, -0.2) is 0 Å². The number of halogens is 1. The molecule has 0 heterocycles. The zero-order valence-corrected chi connectivity index (χ0v) is 10.4. The first kappa shape index (κ1) is 11.3. The van der Waals surface area contributed by atoms with E-state index in [1.807, 2.05) is 24.3 Å². The Morgan fingerprint density at radius 3 is 2.19 bits per heavy atom. The van der Waals surface area contributed by atoms with Gasteiger partial charge in [0, 0.05) is 11.6 Å². The average Bonchev–Trinajstić information content (AvgIpc) is 2.32. The van der Waals surface area contributed by atoms with Gasteiger partial charge in [-0.1, -0.05) is 28.1 Å². The van der Waals surface area contributed by atoms with Crippen LogP contribution in [0, 0.1) is 0 Å². The zero-order valence-electron chi connectivity index (χ0n) is 8.81. The standard InChI is InChI=1S/C13H11BrO2/c1-16-13(8-6-12(15)7-9-13)10-2-4-11(14)5-3-10/h2-9H,1H3. The highest BCUT2D eigenvalue weighted by Crippen LogP contribution is 2.31. The minimum absolute atomic E-state index is 0.00946. The molecule has 0 amide bonds. The van der Waals surface area contributed by atoms with Gasteiger partial charge in [0.15, 0.2) is 5.78 Å². The highest BCUT2D eigenvalue weighted by molar-refractivity contribution is 9.10. The number of hydrogen-bond donors (Lipinski definition) is 0. The van der Waals surface area contributed by atoms with Crippen molar-refractivity contribution in [3.63, 3.8) is 0 Å². The molecule has 2 nitrogen and oxygen atoms in total. The van der Waals surface area contributed by atoms with Crippen molar-refractivity contribution in [3.05, 3.63) is 58.6 Å². The van der Waals surface area contributed by atoms with E-state index in [2.05, 4.69) is 15.9 Å². The lowest BCUT2D eigenvalue weighted by Crippen LogP contribution is -2.25. The molecule has 16 heavy (non-hydrogen) atoms. The molecule has 0 saturated carbocycles. The van der Waals surface area contributed by atoms with Gasteiger partial charge in [0.2, 0.25) is 0 Å². The maximum Gasteiger partial charge on any atom is 0.178 e. The number of ether oxygens (including phenoxy) is 1. The van der Waals surface area contributed by atoms with Crippen LogP contribution in [0.2, 0.25) is 0 Å². The van der Waals surface area contributed by atoms with Crippen LogP contribution in [0.15, 0.2) is 53.0 Å². The fourth-order valence-electron chi connectivity index (χ4n) is 1.68. The Hall–Kier alpha value is -1.19. The monoisotopic (exact) mass is 278 g/mol. The lowest BCUT2D eigenvalue weighted by Gasteiger charge is -2.27. The van der Waals surface area contributed by atoms with Crippen LogP contribution in [-0.2, 0) is 15.1 Å². The molecule has 0 fully saturated rings. The van der Waals surface area contributed by atoms with Crippen LogP contribution in [0.4, 0.5) is 0 Å². The average molecular weight is 279 g/mol. The van der Waals surface area contributed by atoms with Crippen molar-refractivity contribution < 1.29 is 9.53 Å². The summed E-state index contributed by atoms with van der Waals surface area (Å²) in [5, 5.41) is 0. The lowest BCUT2D eigenvalue weighted by molar-refractivity contribution is -0.110. The number of benzene rings is 1. The maximum absolute atomic E-state index is 11.1. The van der Waals surface area contributed by atoms with Gasteiger partial charge in [-0.2, -0.15) is 0 Å². The Morgan fingerprint density at radius 1 is 1.12 bits per heavy atom. The van der Waals surface area contributed by atoms with E-state index in [0.717, 1.165) is 10.0 Å². The third-order valence-electron chi connectivity index (χ3n) is 2.62. The number of carbonyl (C=O) groups excluding carboxylic acids is 1. The molecule has 0 aromatic heterocycles. The van der Waals surface area contributed by atoms with Gasteiger partial charge in [-0.3, -0.25) is 4.79 Å². The second-order valence-corrected chi connectivity index (χ2v) is 4.49. The molecule has 1 aliphatic carbocycles. The molecule has 3 heteroatoms. The predicted octanol–water partition coefficient (Wildman–Crippen LogP) is 2.99. The van der Waals surface area contributed by atoms with Crippen LogP contribution in [-0.4, -0.2) is 12.9 Å². The van der Waals surface area contributed by atoms with Crippen molar-refractivity contribution in [1.29, 1.82) is 0 Å². The van der Waals surface area contributed by atoms with Crippen LogP contribution in [0.3, 0.4) is 0 Å². The predicted molar refractivity (Wildman–Crippen MR) is 66.1 cm³/mol. The van der Waals surface area contributed by atoms with E-state index >= 15 is 0 Å². The molecule has 1 aromatic carbocycles. The van der Waals surface area contributed by atoms with E-state index in [-0.39, 0.29) is 5.78 Å². The minimum Gasteiger partial charge on any atom is -0.365 e. The van der Waals surface area contributed by atoms with Gasteiger partial charge in [-0.05, 0) is 42.0 Å². The van der Waals surface area contributed by atoms with Crippen LogP contribution in [0.25, 0.3) is 0 Å². The van der Waals surface area contributed by atoms with E-state index in [0.29, 0.717) is 0 Å². The van der Waals surface area contributed by atoms with Crippen LogP contribution in [0.5, 0.6) is 0 Å². The van der Waals surface area contributed by atoms with Gasteiger partial charge in [0.05, 0.1) is 0 Å². The molecule has 0 N–H and O–H groups in total. The van der Waals surface area contributed by atoms with Gasteiger partial charge in [-0.15, -0.1) is 0 Å². The Morgan fingerprint density at radius 2 is 1.69 bits per heavy atom. The van der Waals surface area contributed by atoms with E-state index in [1.54, 1.807) is 19.3 Å². The Labute approximate surface area is 103 Å².